The van der Waals surface area contributed by atoms with Gasteiger partial charge in [-0.05, 0) is 85.1 Å². The molecule has 6 heterocycles. The highest BCUT2D eigenvalue weighted by atomic mass is 35.5. The summed E-state index contributed by atoms with van der Waals surface area (Å²) in [5, 5.41) is 13.9. The van der Waals surface area contributed by atoms with Gasteiger partial charge in [0, 0.05) is 98.3 Å². The maximum Gasteiger partial charge on any atom is 0.277 e. The molecule has 1 aliphatic carbocycles. The maximum absolute atomic E-state index is 14.1. The van der Waals surface area contributed by atoms with Gasteiger partial charge in [-0.15, -0.1) is 0 Å². The average molecular weight is 923 g/mol. The number of anilines is 1. The minimum Gasteiger partial charge on any atom is -0.493 e. The number of aromatic amines is 1. The summed E-state index contributed by atoms with van der Waals surface area (Å²) in [6, 6.07) is 19.5. The molecule has 5 aliphatic rings. The molecule has 0 saturated carbocycles. The third-order valence-corrected chi connectivity index (χ3v) is 15.3. The highest BCUT2D eigenvalue weighted by molar-refractivity contribution is 7.90. The summed E-state index contributed by atoms with van der Waals surface area (Å²) in [6.07, 6.45) is 8.05. The van der Waals surface area contributed by atoms with Crippen LogP contribution in [-0.2, 0) is 21.2 Å². The topological polar surface area (TPSA) is 172 Å². The normalized spacial score (nSPS) is 22.2. The number of pyridine rings is 1. The van der Waals surface area contributed by atoms with Gasteiger partial charge < -0.3 is 24.1 Å². The van der Waals surface area contributed by atoms with Crippen LogP contribution in [0.2, 0.25) is 5.02 Å². The molecule has 17 heteroatoms. The number of carbonyl (C=O) groups is 1. The lowest BCUT2D eigenvalue weighted by Crippen LogP contribution is -2.47. The number of hydrogen-bond donors (Lipinski definition) is 2. The fourth-order valence-corrected chi connectivity index (χ4v) is 11.4. The standard InChI is InChI=1S/C48H52ClN7O8S/c1-48(2)11-9-40(31-3-5-34(49)6-4-31)33(23-48)26-53-13-15-54(16-14-53)35-7-8-41(45(20-35)64-37-18-32-10-12-50-46(32)51-24-37)47(57)52-65(60,61)39-21-43(56(58)59)42-17-30(28-63-44(42)22-39)25-55-27-38-19-36(55)29-62-38/h3-8,10,12,18,20-22,24,30,36,38H,9,11,13-17,19,23,25-29H2,1-2H3,(H,50,51)(H,52,57)/t30-,36+,38+/m1/s1. The Morgan fingerprint density at radius 2 is 1.88 bits per heavy atom. The second-order valence-electron chi connectivity index (χ2n) is 18.9. The minimum atomic E-state index is -4.63. The van der Waals surface area contributed by atoms with Crippen molar-refractivity contribution in [1.82, 2.24) is 24.5 Å². The van der Waals surface area contributed by atoms with Crippen LogP contribution in [0.5, 0.6) is 17.2 Å². The van der Waals surface area contributed by atoms with E-state index in [-0.39, 0.29) is 46.8 Å². The van der Waals surface area contributed by atoms with E-state index < -0.39 is 25.7 Å². The molecule has 5 aromatic rings. The van der Waals surface area contributed by atoms with Crippen molar-refractivity contribution < 1.29 is 32.3 Å². The number of likely N-dealkylation sites (tertiary alicyclic amines) is 1. The van der Waals surface area contributed by atoms with E-state index >= 15 is 0 Å². The molecule has 0 radical (unpaired) electrons. The summed E-state index contributed by atoms with van der Waals surface area (Å²) in [7, 11) is -4.63. The number of carbonyl (C=O) groups excluding carboxylic acids is 1. The number of nitrogens with zero attached hydrogens (tertiary/aromatic N) is 5. The van der Waals surface area contributed by atoms with Crippen LogP contribution >= 0.6 is 11.6 Å². The number of morpholine rings is 1. The largest absolute Gasteiger partial charge is 0.493 e. The zero-order chi connectivity index (χ0) is 45.0. The minimum absolute atomic E-state index is 0.0121. The fraction of sp³-hybridized carbons (Fsp3) is 0.417. The number of H-pyrrole nitrogens is 1. The molecule has 0 unspecified atom stereocenters. The van der Waals surface area contributed by atoms with Gasteiger partial charge in [0.25, 0.3) is 21.6 Å². The van der Waals surface area contributed by atoms with Crippen molar-refractivity contribution in [1.29, 1.82) is 0 Å². The molecule has 2 bridgehead atoms. The number of ether oxygens (including phenoxy) is 3. The lowest BCUT2D eigenvalue weighted by atomic mass is 9.73. The van der Waals surface area contributed by atoms with Gasteiger partial charge in [0.05, 0.1) is 46.5 Å². The smallest absolute Gasteiger partial charge is 0.277 e. The molecule has 4 aliphatic heterocycles. The maximum atomic E-state index is 14.1. The summed E-state index contributed by atoms with van der Waals surface area (Å²) in [6.45, 7) is 11.1. The monoisotopic (exact) mass is 921 g/mol. The Hall–Kier alpha value is -5.52. The molecule has 1 amide bonds. The summed E-state index contributed by atoms with van der Waals surface area (Å²) in [5.74, 6) is -0.376. The average Bonchev–Trinajstić information content (AvgIpc) is 4.05. The van der Waals surface area contributed by atoms with Crippen molar-refractivity contribution >= 4 is 55.5 Å². The van der Waals surface area contributed by atoms with Crippen LogP contribution < -0.4 is 19.1 Å². The van der Waals surface area contributed by atoms with Crippen LogP contribution in [0.15, 0.2) is 89.6 Å². The van der Waals surface area contributed by atoms with Gasteiger partial charge in [-0.3, -0.25) is 24.7 Å². The molecular weight excluding hydrogens is 870 g/mol. The first-order valence-corrected chi connectivity index (χ1v) is 24.2. The molecule has 3 saturated heterocycles. The number of halogens is 1. The van der Waals surface area contributed by atoms with Crippen LogP contribution in [0.4, 0.5) is 11.4 Å². The van der Waals surface area contributed by atoms with Gasteiger partial charge >= 0.3 is 0 Å². The van der Waals surface area contributed by atoms with E-state index in [1.165, 1.54) is 29.0 Å². The molecule has 340 valence electrons. The number of nitro groups is 1. The number of aromatic nitrogens is 2. The van der Waals surface area contributed by atoms with Crippen LogP contribution in [0.25, 0.3) is 16.6 Å². The highest BCUT2D eigenvalue weighted by Gasteiger charge is 2.41. The molecule has 3 aromatic carbocycles. The van der Waals surface area contributed by atoms with Crippen molar-refractivity contribution in [2.75, 3.05) is 63.9 Å². The summed E-state index contributed by atoms with van der Waals surface area (Å²) in [5.41, 5.74) is 5.73. The molecule has 65 heavy (non-hydrogen) atoms. The molecule has 10 rings (SSSR count). The summed E-state index contributed by atoms with van der Waals surface area (Å²) < 4.78 is 48.2. The third-order valence-electron chi connectivity index (χ3n) is 13.7. The van der Waals surface area contributed by atoms with Gasteiger partial charge in [-0.1, -0.05) is 43.2 Å². The molecule has 0 spiro atoms. The van der Waals surface area contributed by atoms with E-state index in [1.807, 2.05) is 18.2 Å². The van der Waals surface area contributed by atoms with E-state index in [0.717, 1.165) is 87.1 Å². The molecule has 3 atom stereocenters. The highest BCUT2D eigenvalue weighted by Crippen LogP contribution is 2.44. The van der Waals surface area contributed by atoms with Crippen LogP contribution in [-0.4, -0.2) is 110 Å². The first-order valence-electron chi connectivity index (χ1n) is 22.3. The molecule has 2 aromatic heterocycles. The number of sulfonamides is 1. The second-order valence-corrected chi connectivity index (χ2v) is 21.0. The number of hydrogen-bond acceptors (Lipinski definition) is 12. The Morgan fingerprint density at radius 1 is 1.06 bits per heavy atom. The van der Waals surface area contributed by atoms with Crippen molar-refractivity contribution in [3.05, 3.63) is 117 Å². The molecule has 2 N–H and O–H groups in total. The molecular formula is C48H52ClN7O8S. The van der Waals surface area contributed by atoms with Crippen molar-refractivity contribution in [2.24, 2.45) is 11.3 Å². The number of piperazine rings is 1. The Kier molecular flexibility index (Phi) is 11.6. The van der Waals surface area contributed by atoms with E-state index in [9.17, 15) is 23.3 Å². The Balaban J connectivity index is 0.873. The Bertz CT molecular complexity index is 2810. The van der Waals surface area contributed by atoms with E-state index in [1.54, 1.807) is 30.5 Å². The number of amides is 1. The number of nitrogens with one attached hydrogen (secondary N) is 2. The van der Waals surface area contributed by atoms with Crippen LogP contribution in [0.1, 0.15) is 61.0 Å². The first-order chi connectivity index (χ1) is 31.2. The van der Waals surface area contributed by atoms with Gasteiger partial charge in [-0.25, -0.2) is 18.1 Å². The van der Waals surface area contributed by atoms with E-state index in [2.05, 4.69) is 55.4 Å². The second kappa shape index (κ2) is 17.4. The van der Waals surface area contributed by atoms with Crippen molar-refractivity contribution in [2.45, 2.75) is 63.0 Å². The number of fused-ring (bicyclic) bond motifs is 4. The lowest BCUT2D eigenvalue weighted by Gasteiger charge is -2.39. The zero-order valence-corrected chi connectivity index (χ0v) is 38.0. The quantitative estimate of drug-likeness (QED) is 0.0919. The Labute approximate surface area is 382 Å². The van der Waals surface area contributed by atoms with Gasteiger partial charge in [0.15, 0.2) is 0 Å². The third kappa shape index (κ3) is 9.19. The van der Waals surface area contributed by atoms with Crippen LogP contribution in [0.3, 0.4) is 0 Å². The van der Waals surface area contributed by atoms with E-state index in [4.69, 9.17) is 25.8 Å². The number of rotatable bonds is 12. The van der Waals surface area contributed by atoms with Gasteiger partial charge in [-0.2, -0.15) is 0 Å². The number of benzene rings is 3. The first kappa shape index (κ1) is 43.4. The van der Waals surface area contributed by atoms with Crippen LogP contribution in [0, 0.1) is 21.4 Å². The predicted molar refractivity (Wildman–Crippen MR) is 247 cm³/mol. The summed E-state index contributed by atoms with van der Waals surface area (Å²) in [4.78, 5) is 40.0. The molecule has 15 nitrogen and oxygen atoms in total. The van der Waals surface area contributed by atoms with Crippen molar-refractivity contribution in [3.63, 3.8) is 0 Å². The zero-order valence-electron chi connectivity index (χ0n) is 36.4. The Morgan fingerprint density at radius 3 is 2.63 bits per heavy atom. The van der Waals surface area contributed by atoms with E-state index in [0.29, 0.717) is 42.6 Å². The molecule has 3 fully saturated rings. The number of nitro benzene ring substituents is 1. The van der Waals surface area contributed by atoms with Gasteiger partial charge in [0.1, 0.15) is 22.9 Å². The summed E-state index contributed by atoms with van der Waals surface area (Å²) >= 11 is 6.24. The SMILES string of the molecule is CC1(C)CCC(c2ccc(Cl)cc2)=C(CN2CCN(c3ccc(C(=O)NS(=O)(=O)c4cc5c(c([N+](=O)[O-])c4)C[C@H](CN4C[C@@H]6C[C@H]4CO6)CO5)c(Oc4cnc5[nH]ccc5c4)c3)CC2)C1. The fourth-order valence-electron chi connectivity index (χ4n) is 10.3. The van der Waals surface area contributed by atoms with Crippen molar-refractivity contribution in [3.8, 4) is 17.2 Å². The van der Waals surface area contributed by atoms with Gasteiger partial charge in [0.2, 0.25) is 0 Å². The number of allylic oxidation sites excluding steroid dienone is 1. The lowest BCUT2D eigenvalue weighted by molar-refractivity contribution is -0.386. The predicted octanol–water partition coefficient (Wildman–Crippen LogP) is 7.85.